The molecule has 0 bridgehead atoms. The number of para-hydroxylation sites is 1. The zero-order valence-corrected chi connectivity index (χ0v) is 16.2. The van der Waals surface area contributed by atoms with Crippen LogP contribution in [0, 0.1) is 0 Å². The predicted molar refractivity (Wildman–Crippen MR) is 107 cm³/mol. The molecule has 1 fully saturated rings. The number of carbonyl (C=O) groups is 2. The van der Waals surface area contributed by atoms with Gasteiger partial charge in [-0.1, -0.05) is 18.2 Å². The molecule has 0 radical (unpaired) electrons. The Bertz CT molecular complexity index is 812. The molecule has 1 aromatic carbocycles. The third-order valence-electron chi connectivity index (χ3n) is 5.61. The van der Waals surface area contributed by atoms with Crippen molar-refractivity contribution in [3.8, 4) is 0 Å². The van der Waals surface area contributed by atoms with E-state index in [1.54, 1.807) is 6.20 Å². The minimum atomic E-state index is 0.156. The third kappa shape index (κ3) is 4.25. The Labute approximate surface area is 165 Å². The van der Waals surface area contributed by atoms with E-state index in [1.165, 1.54) is 5.56 Å². The molecular weight excluding hydrogens is 354 g/mol. The number of aryl methyl sites for hydroxylation is 1. The van der Waals surface area contributed by atoms with Gasteiger partial charge in [-0.05, 0) is 30.5 Å². The fraction of sp³-hybridized carbons (Fsp3) is 0.476. The van der Waals surface area contributed by atoms with Crippen molar-refractivity contribution in [2.75, 3.05) is 44.2 Å². The van der Waals surface area contributed by atoms with Gasteiger partial charge in [0.1, 0.15) is 0 Å². The summed E-state index contributed by atoms with van der Waals surface area (Å²) in [5.74, 6) is 0.357. The van der Waals surface area contributed by atoms with Crippen molar-refractivity contribution >= 4 is 17.5 Å². The SMILES string of the molecule is O=C(CCCn1cccn1)N1CCN(CC(=O)N2CCc3ccccc32)CC1. The maximum absolute atomic E-state index is 12.7. The average Bonchev–Trinajstić information content (AvgIpc) is 3.38. The monoisotopic (exact) mass is 381 g/mol. The van der Waals surface area contributed by atoms with Gasteiger partial charge >= 0.3 is 0 Å². The molecule has 0 saturated carbocycles. The van der Waals surface area contributed by atoms with E-state index in [0.29, 0.717) is 26.1 Å². The number of hydrogen-bond acceptors (Lipinski definition) is 4. The van der Waals surface area contributed by atoms with Crippen molar-refractivity contribution in [3.05, 3.63) is 48.3 Å². The lowest BCUT2D eigenvalue weighted by atomic mass is 10.2. The Hall–Kier alpha value is -2.67. The van der Waals surface area contributed by atoms with E-state index in [4.69, 9.17) is 0 Å². The Morgan fingerprint density at radius 2 is 1.79 bits per heavy atom. The third-order valence-corrected chi connectivity index (χ3v) is 5.61. The summed E-state index contributed by atoms with van der Waals surface area (Å²) in [6.07, 6.45) is 5.95. The van der Waals surface area contributed by atoms with E-state index in [0.717, 1.165) is 44.7 Å². The van der Waals surface area contributed by atoms with Crippen LogP contribution in [0.4, 0.5) is 5.69 Å². The van der Waals surface area contributed by atoms with Gasteiger partial charge in [0.05, 0.1) is 6.54 Å². The minimum Gasteiger partial charge on any atom is -0.340 e. The molecule has 0 atom stereocenters. The van der Waals surface area contributed by atoms with Crippen LogP contribution in [0.15, 0.2) is 42.7 Å². The first-order valence-corrected chi connectivity index (χ1v) is 10.1. The number of carbonyl (C=O) groups excluding carboxylic acids is 2. The lowest BCUT2D eigenvalue weighted by Gasteiger charge is -2.35. The summed E-state index contributed by atoms with van der Waals surface area (Å²) in [4.78, 5) is 31.1. The number of rotatable bonds is 6. The number of amides is 2. The zero-order valence-electron chi connectivity index (χ0n) is 16.2. The number of piperazine rings is 1. The molecule has 7 nitrogen and oxygen atoms in total. The Kier molecular flexibility index (Phi) is 5.71. The summed E-state index contributed by atoms with van der Waals surface area (Å²) in [5.41, 5.74) is 2.31. The van der Waals surface area contributed by atoms with Gasteiger partial charge in [0.2, 0.25) is 11.8 Å². The van der Waals surface area contributed by atoms with E-state index >= 15 is 0 Å². The summed E-state index contributed by atoms with van der Waals surface area (Å²) in [7, 11) is 0. The quantitative estimate of drug-likeness (QED) is 0.759. The van der Waals surface area contributed by atoms with Crippen molar-refractivity contribution in [1.82, 2.24) is 19.6 Å². The summed E-state index contributed by atoms with van der Waals surface area (Å²) in [5, 5.41) is 4.16. The minimum absolute atomic E-state index is 0.156. The number of fused-ring (bicyclic) bond motifs is 1. The number of hydrogen-bond donors (Lipinski definition) is 0. The van der Waals surface area contributed by atoms with E-state index < -0.39 is 0 Å². The predicted octanol–water partition coefficient (Wildman–Crippen LogP) is 1.40. The molecule has 0 aliphatic carbocycles. The molecule has 2 amide bonds. The molecule has 2 aliphatic heterocycles. The molecule has 28 heavy (non-hydrogen) atoms. The number of benzene rings is 1. The largest absolute Gasteiger partial charge is 0.340 e. The first-order valence-electron chi connectivity index (χ1n) is 10.1. The van der Waals surface area contributed by atoms with E-state index in [2.05, 4.69) is 16.1 Å². The maximum Gasteiger partial charge on any atom is 0.241 e. The van der Waals surface area contributed by atoms with Crippen molar-refractivity contribution in [2.24, 2.45) is 0 Å². The van der Waals surface area contributed by atoms with E-state index in [-0.39, 0.29) is 11.8 Å². The van der Waals surface area contributed by atoms with Gasteiger partial charge in [0.15, 0.2) is 0 Å². The van der Waals surface area contributed by atoms with Crippen LogP contribution in [0.1, 0.15) is 18.4 Å². The molecule has 2 aliphatic rings. The van der Waals surface area contributed by atoms with Crippen LogP contribution in [0.2, 0.25) is 0 Å². The summed E-state index contributed by atoms with van der Waals surface area (Å²) in [6, 6.07) is 10.0. The second-order valence-corrected chi connectivity index (χ2v) is 7.45. The molecule has 1 aromatic heterocycles. The summed E-state index contributed by atoms with van der Waals surface area (Å²) >= 11 is 0. The molecule has 4 rings (SSSR count). The van der Waals surface area contributed by atoms with Crippen LogP contribution in [-0.2, 0) is 22.6 Å². The summed E-state index contributed by atoms with van der Waals surface area (Å²) < 4.78 is 1.85. The summed E-state index contributed by atoms with van der Waals surface area (Å²) in [6.45, 7) is 4.88. The second kappa shape index (κ2) is 8.56. The van der Waals surface area contributed by atoms with Crippen molar-refractivity contribution in [2.45, 2.75) is 25.8 Å². The van der Waals surface area contributed by atoms with Gasteiger partial charge in [-0.25, -0.2) is 0 Å². The van der Waals surface area contributed by atoms with Gasteiger partial charge in [-0.2, -0.15) is 5.10 Å². The highest BCUT2D eigenvalue weighted by Crippen LogP contribution is 2.27. The second-order valence-electron chi connectivity index (χ2n) is 7.45. The Morgan fingerprint density at radius 1 is 0.964 bits per heavy atom. The van der Waals surface area contributed by atoms with Gasteiger partial charge in [-0.15, -0.1) is 0 Å². The Balaban J connectivity index is 1.20. The normalized spacial score (nSPS) is 17.0. The zero-order chi connectivity index (χ0) is 19.3. The molecule has 0 unspecified atom stereocenters. The highest BCUT2D eigenvalue weighted by Gasteiger charge is 2.27. The van der Waals surface area contributed by atoms with Gasteiger partial charge in [0.25, 0.3) is 0 Å². The van der Waals surface area contributed by atoms with Crippen LogP contribution in [0.5, 0.6) is 0 Å². The fourth-order valence-electron chi connectivity index (χ4n) is 4.01. The van der Waals surface area contributed by atoms with E-state index in [1.807, 2.05) is 44.9 Å². The maximum atomic E-state index is 12.7. The first kappa shape index (κ1) is 18.7. The van der Waals surface area contributed by atoms with E-state index in [9.17, 15) is 9.59 Å². The number of anilines is 1. The first-order chi connectivity index (χ1) is 13.7. The van der Waals surface area contributed by atoms with Gasteiger partial charge < -0.3 is 9.80 Å². The van der Waals surface area contributed by atoms with Gasteiger partial charge in [-0.3, -0.25) is 19.2 Å². The number of nitrogens with zero attached hydrogens (tertiary/aromatic N) is 5. The van der Waals surface area contributed by atoms with Crippen LogP contribution in [0.3, 0.4) is 0 Å². The van der Waals surface area contributed by atoms with Crippen LogP contribution < -0.4 is 4.90 Å². The van der Waals surface area contributed by atoms with Crippen molar-refractivity contribution < 1.29 is 9.59 Å². The molecule has 2 aromatic rings. The molecule has 1 saturated heterocycles. The molecule has 0 spiro atoms. The molecule has 3 heterocycles. The topological polar surface area (TPSA) is 61.7 Å². The lowest BCUT2D eigenvalue weighted by Crippen LogP contribution is -2.51. The van der Waals surface area contributed by atoms with Gasteiger partial charge in [0, 0.05) is 63.8 Å². The number of aromatic nitrogens is 2. The average molecular weight is 381 g/mol. The molecule has 148 valence electrons. The lowest BCUT2D eigenvalue weighted by molar-refractivity contribution is -0.133. The molecule has 7 heteroatoms. The standard InChI is InChI=1S/C21H27N5O2/c27-20(7-3-10-25-11-4-9-22-25)24-15-13-23(14-16-24)17-21(28)26-12-8-18-5-1-2-6-19(18)26/h1-2,4-6,9,11H,3,7-8,10,12-17H2. The highest BCUT2D eigenvalue weighted by atomic mass is 16.2. The molecular formula is C21H27N5O2. The molecule has 0 N–H and O–H groups in total. The van der Waals surface area contributed by atoms with Crippen LogP contribution in [-0.4, -0.2) is 70.7 Å². The highest BCUT2D eigenvalue weighted by molar-refractivity contribution is 5.96. The fourth-order valence-corrected chi connectivity index (χ4v) is 4.01. The smallest absolute Gasteiger partial charge is 0.241 e. The van der Waals surface area contributed by atoms with Crippen molar-refractivity contribution in [3.63, 3.8) is 0 Å². The Morgan fingerprint density at radius 3 is 2.57 bits per heavy atom. The van der Waals surface area contributed by atoms with Crippen molar-refractivity contribution in [1.29, 1.82) is 0 Å². The van der Waals surface area contributed by atoms with Crippen LogP contribution in [0.25, 0.3) is 0 Å². The van der Waals surface area contributed by atoms with Crippen LogP contribution >= 0.6 is 0 Å².